The molecule has 0 aliphatic carbocycles. The lowest BCUT2D eigenvalue weighted by atomic mass is 9.97. The summed E-state index contributed by atoms with van der Waals surface area (Å²) in [6.07, 6.45) is 2.77. The number of rotatable bonds is 5. The van der Waals surface area contributed by atoms with Crippen molar-refractivity contribution in [3.8, 4) is 0 Å². The number of ether oxygens (including phenoxy) is 1. The molecular formula is C16H24N2O2. The Morgan fingerprint density at radius 2 is 2.20 bits per heavy atom. The van der Waals surface area contributed by atoms with Crippen LogP contribution in [-0.2, 0) is 16.0 Å². The lowest BCUT2D eigenvalue weighted by molar-refractivity contribution is -0.134. The highest BCUT2D eigenvalue weighted by molar-refractivity contribution is 5.82. The van der Waals surface area contributed by atoms with Gasteiger partial charge in [-0.1, -0.05) is 30.3 Å². The second-order valence-corrected chi connectivity index (χ2v) is 5.54. The normalized spacial score (nSPS) is 20.7. The van der Waals surface area contributed by atoms with Gasteiger partial charge in [0.05, 0.1) is 12.6 Å². The summed E-state index contributed by atoms with van der Waals surface area (Å²) in [7, 11) is 1.71. The van der Waals surface area contributed by atoms with Crippen molar-refractivity contribution >= 4 is 5.91 Å². The zero-order valence-electron chi connectivity index (χ0n) is 12.1. The Bertz CT molecular complexity index is 420. The summed E-state index contributed by atoms with van der Waals surface area (Å²) in [4.78, 5) is 14.3. The molecule has 1 amide bonds. The van der Waals surface area contributed by atoms with Crippen molar-refractivity contribution in [2.24, 2.45) is 11.7 Å². The molecule has 1 heterocycles. The molecule has 1 fully saturated rings. The molecule has 4 nitrogen and oxygen atoms in total. The van der Waals surface area contributed by atoms with Crippen LogP contribution in [0.4, 0.5) is 0 Å². The Morgan fingerprint density at radius 3 is 2.90 bits per heavy atom. The molecule has 1 aromatic rings. The first-order valence-corrected chi connectivity index (χ1v) is 7.28. The Labute approximate surface area is 120 Å². The van der Waals surface area contributed by atoms with Crippen molar-refractivity contribution in [3.63, 3.8) is 0 Å². The van der Waals surface area contributed by atoms with E-state index >= 15 is 0 Å². The topological polar surface area (TPSA) is 55.6 Å². The smallest absolute Gasteiger partial charge is 0.239 e. The zero-order valence-corrected chi connectivity index (χ0v) is 12.1. The Morgan fingerprint density at radius 1 is 1.45 bits per heavy atom. The third kappa shape index (κ3) is 4.05. The van der Waals surface area contributed by atoms with E-state index < -0.39 is 6.04 Å². The number of methoxy groups -OCH3 is 1. The van der Waals surface area contributed by atoms with E-state index in [0.29, 0.717) is 12.3 Å². The second kappa shape index (κ2) is 7.41. The number of nitrogens with two attached hydrogens (primary N) is 1. The maximum absolute atomic E-state index is 12.4. The van der Waals surface area contributed by atoms with Crippen molar-refractivity contribution in [1.82, 2.24) is 4.90 Å². The fourth-order valence-corrected chi connectivity index (χ4v) is 2.83. The summed E-state index contributed by atoms with van der Waals surface area (Å²) in [6.45, 7) is 2.31. The molecule has 2 rings (SSSR count). The molecule has 110 valence electrons. The molecule has 20 heavy (non-hydrogen) atoms. The quantitative estimate of drug-likeness (QED) is 0.885. The summed E-state index contributed by atoms with van der Waals surface area (Å²) >= 11 is 0. The van der Waals surface area contributed by atoms with Gasteiger partial charge in [-0.3, -0.25) is 4.79 Å². The average molecular weight is 276 g/mol. The van der Waals surface area contributed by atoms with Gasteiger partial charge in [-0.15, -0.1) is 0 Å². The van der Waals surface area contributed by atoms with E-state index in [9.17, 15) is 4.79 Å². The molecule has 0 bridgehead atoms. The van der Waals surface area contributed by atoms with Crippen molar-refractivity contribution in [3.05, 3.63) is 35.9 Å². The highest BCUT2D eigenvalue weighted by atomic mass is 16.5. The van der Waals surface area contributed by atoms with Crippen molar-refractivity contribution < 1.29 is 9.53 Å². The number of nitrogens with zero attached hydrogens (tertiary/aromatic N) is 1. The van der Waals surface area contributed by atoms with Gasteiger partial charge in [0.15, 0.2) is 0 Å². The summed E-state index contributed by atoms with van der Waals surface area (Å²) in [5.41, 5.74) is 7.19. The minimum Gasteiger partial charge on any atom is -0.384 e. The van der Waals surface area contributed by atoms with Crippen LogP contribution in [0, 0.1) is 5.92 Å². The molecule has 0 radical (unpaired) electrons. The molecule has 1 unspecified atom stereocenters. The van der Waals surface area contributed by atoms with Crippen LogP contribution in [0.5, 0.6) is 0 Å². The number of piperidine rings is 1. The van der Waals surface area contributed by atoms with Gasteiger partial charge in [0.25, 0.3) is 0 Å². The molecule has 2 atom stereocenters. The van der Waals surface area contributed by atoms with Crippen LogP contribution in [0.15, 0.2) is 30.3 Å². The first kappa shape index (κ1) is 15.0. The van der Waals surface area contributed by atoms with Crippen LogP contribution in [0.3, 0.4) is 0 Å². The van der Waals surface area contributed by atoms with Crippen LogP contribution < -0.4 is 5.73 Å². The standard InChI is InChI=1S/C16H24N2O2/c1-20-12-14-8-5-9-18(11-14)16(19)15(17)10-13-6-3-2-4-7-13/h2-4,6-7,14-15H,5,8-12,17H2,1H3/t14?,15-/m0/s1. The van der Waals surface area contributed by atoms with E-state index in [2.05, 4.69) is 0 Å². The number of hydrogen-bond acceptors (Lipinski definition) is 3. The van der Waals surface area contributed by atoms with Gasteiger partial charge in [0, 0.05) is 20.2 Å². The Kier molecular flexibility index (Phi) is 5.56. The molecule has 0 saturated carbocycles. The molecule has 1 aliphatic heterocycles. The summed E-state index contributed by atoms with van der Waals surface area (Å²) < 4.78 is 5.20. The highest BCUT2D eigenvalue weighted by Gasteiger charge is 2.27. The van der Waals surface area contributed by atoms with Crippen molar-refractivity contribution in [2.45, 2.75) is 25.3 Å². The predicted molar refractivity (Wildman–Crippen MR) is 79.3 cm³/mol. The van der Waals surface area contributed by atoms with E-state index in [4.69, 9.17) is 10.5 Å². The molecule has 1 aliphatic rings. The van der Waals surface area contributed by atoms with Gasteiger partial charge in [-0.2, -0.15) is 0 Å². The number of hydrogen-bond donors (Lipinski definition) is 1. The number of amides is 1. The molecular weight excluding hydrogens is 252 g/mol. The molecule has 1 saturated heterocycles. The van der Waals surface area contributed by atoms with Crippen LogP contribution >= 0.6 is 0 Å². The summed E-state index contributed by atoms with van der Waals surface area (Å²) in [5.74, 6) is 0.510. The van der Waals surface area contributed by atoms with Gasteiger partial charge in [0.1, 0.15) is 0 Å². The number of likely N-dealkylation sites (tertiary alicyclic amines) is 1. The third-order valence-electron chi connectivity index (χ3n) is 3.85. The summed E-state index contributed by atoms with van der Waals surface area (Å²) in [6, 6.07) is 9.49. The Hall–Kier alpha value is -1.39. The van der Waals surface area contributed by atoms with Gasteiger partial charge in [-0.25, -0.2) is 0 Å². The fraction of sp³-hybridized carbons (Fsp3) is 0.562. The third-order valence-corrected chi connectivity index (χ3v) is 3.85. The second-order valence-electron chi connectivity index (χ2n) is 5.54. The number of carbonyl (C=O) groups is 1. The largest absolute Gasteiger partial charge is 0.384 e. The predicted octanol–water partition coefficient (Wildman–Crippen LogP) is 1.44. The van der Waals surface area contributed by atoms with Crippen LogP contribution in [0.1, 0.15) is 18.4 Å². The van der Waals surface area contributed by atoms with E-state index in [-0.39, 0.29) is 5.91 Å². The highest BCUT2D eigenvalue weighted by Crippen LogP contribution is 2.17. The Balaban J connectivity index is 1.89. The van der Waals surface area contributed by atoms with E-state index in [1.165, 1.54) is 0 Å². The minimum atomic E-state index is -0.446. The van der Waals surface area contributed by atoms with Crippen LogP contribution in [0.2, 0.25) is 0 Å². The molecule has 4 heteroatoms. The SMILES string of the molecule is COCC1CCCN(C(=O)[C@@H](N)Cc2ccccc2)C1. The maximum Gasteiger partial charge on any atom is 0.239 e. The minimum absolute atomic E-state index is 0.0645. The zero-order chi connectivity index (χ0) is 14.4. The van der Waals surface area contributed by atoms with Gasteiger partial charge < -0.3 is 15.4 Å². The lowest BCUT2D eigenvalue weighted by Crippen LogP contribution is -2.49. The maximum atomic E-state index is 12.4. The molecule has 0 aromatic heterocycles. The van der Waals surface area contributed by atoms with E-state index in [0.717, 1.165) is 38.1 Å². The lowest BCUT2D eigenvalue weighted by Gasteiger charge is -2.34. The number of benzene rings is 1. The van der Waals surface area contributed by atoms with Gasteiger partial charge in [-0.05, 0) is 30.7 Å². The van der Waals surface area contributed by atoms with E-state index in [1.807, 2.05) is 35.2 Å². The first-order valence-electron chi connectivity index (χ1n) is 7.28. The molecule has 1 aromatic carbocycles. The van der Waals surface area contributed by atoms with Crippen LogP contribution in [0.25, 0.3) is 0 Å². The van der Waals surface area contributed by atoms with Crippen molar-refractivity contribution in [1.29, 1.82) is 0 Å². The number of carbonyl (C=O) groups excluding carboxylic acids is 1. The summed E-state index contributed by atoms with van der Waals surface area (Å²) in [5, 5.41) is 0. The van der Waals surface area contributed by atoms with Crippen LogP contribution in [-0.4, -0.2) is 43.7 Å². The molecule has 2 N–H and O–H groups in total. The first-order chi connectivity index (χ1) is 9.70. The van der Waals surface area contributed by atoms with Gasteiger partial charge in [0.2, 0.25) is 5.91 Å². The average Bonchev–Trinajstić information content (AvgIpc) is 2.48. The van der Waals surface area contributed by atoms with E-state index in [1.54, 1.807) is 7.11 Å². The van der Waals surface area contributed by atoms with Gasteiger partial charge >= 0.3 is 0 Å². The van der Waals surface area contributed by atoms with Crippen molar-refractivity contribution in [2.75, 3.05) is 26.8 Å². The monoisotopic (exact) mass is 276 g/mol. The molecule has 0 spiro atoms. The fourth-order valence-electron chi connectivity index (χ4n) is 2.83.